The molecule has 0 saturated heterocycles. The Morgan fingerprint density at radius 3 is 2.32 bits per heavy atom. The lowest BCUT2D eigenvalue weighted by Crippen LogP contribution is -2.31. The summed E-state index contributed by atoms with van der Waals surface area (Å²) in [7, 11) is 0. The van der Waals surface area contributed by atoms with E-state index in [1.54, 1.807) is 0 Å². The minimum Gasteiger partial charge on any atom is -0.491 e. The number of aryl methyl sites for hydroxylation is 2. The number of fused-ring (bicyclic) bond motifs is 1. The van der Waals surface area contributed by atoms with Crippen molar-refractivity contribution in [3.05, 3.63) is 59.7 Å². The molecule has 0 aliphatic heterocycles. The van der Waals surface area contributed by atoms with Gasteiger partial charge in [0.2, 0.25) is 5.62 Å². The van der Waals surface area contributed by atoms with Gasteiger partial charge in [-0.15, -0.1) is 0 Å². The van der Waals surface area contributed by atoms with Crippen molar-refractivity contribution >= 4 is 11.0 Å². The minimum atomic E-state index is -0.685. The van der Waals surface area contributed by atoms with Crippen molar-refractivity contribution < 1.29 is 9.84 Å². The summed E-state index contributed by atoms with van der Waals surface area (Å²) >= 11 is 0. The topological polar surface area (TPSA) is 63.2 Å². The van der Waals surface area contributed by atoms with E-state index < -0.39 is 6.10 Å². The number of nitrogens with one attached hydrogen (secondary N) is 1. The highest BCUT2D eigenvalue weighted by Gasteiger charge is 2.14. The first-order valence-corrected chi connectivity index (χ1v) is 10.2. The molecule has 0 aliphatic carbocycles. The molecule has 1 aromatic heterocycles. The first-order valence-electron chi connectivity index (χ1n) is 10.2. The molecule has 0 bridgehead atoms. The zero-order valence-electron chi connectivity index (χ0n) is 16.9. The second-order valence-corrected chi connectivity index (χ2v) is 7.41. The van der Waals surface area contributed by atoms with Crippen molar-refractivity contribution in [1.82, 2.24) is 9.13 Å². The Bertz CT molecular complexity index is 941. The van der Waals surface area contributed by atoms with Crippen molar-refractivity contribution in [2.24, 2.45) is 0 Å². The van der Waals surface area contributed by atoms with Crippen LogP contribution in [-0.4, -0.2) is 27.0 Å². The van der Waals surface area contributed by atoms with Crippen LogP contribution in [0.25, 0.3) is 11.0 Å². The van der Waals surface area contributed by atoms with Crippen molar-refractivity contribution in [3.8, 4) is 5.75 Å². The summed E-state index contributed by atoms with van der Waals surface area (Å²) in [5.41, 5.74) is 3.65. The number of rotatable bonds is 10. The monoisotopic (exact) mass is 381 g/mol. The molecule has 0 spiro atoms. The molecule has 0 amide bonds. The summed E-state index contributed by atoms with van der Waals surface area (Å²) in [6.07, 6.45) is 3.98. The van der Waals surface area contributed by atoms with Crippen molar-refractivity contribution in [2.45, 2.75) is 58.7 Å². The van der Waals surface area contributed by atoms with Crippen LogP contribution in [0.15, 0.2) is 48.5 Å². The van der Waals surface area contributed by atoms with E-state index in [-0.39, 0.29) is 6.61 Å². The van der Waals surface area contributed by atoms with Crippen LogP contribution in [0.5, 0.6) is 5.75 Å². The molecular weight excluding hydrogens is 350 g/mol. The van der Waals surface area contributed by atoms with Gasteiger partial charge in [0.05, 0.1) is 17.6 Å². The van der Waals surface area contributed by atoms with Crippen LogP contribution in [0.3, 0.4) is 0 Å². The van der Waals surface area contributed by atoms with E-state index in [0.717, 1.165) is 29.7 Å². The standard InChI is InChI=1S/C23H31N3O2/c1-3-4-5-8-15-25-21-9-6-7-10-22(21)26(23(25)24)16-19(27)17-28-20-13-11-18(2)12-14-20/h6-7,9-14,19,24,27H,3-5,8,15-17H2,1-2H3/t19-/m0/s1. The van der Waals surface area contributed by atoms with Crippen LogP contribution in [0.2, 0.25) is 0 Å². The number of imidazole rings is 1. The van der Waals surface area contributed by atoms with Gasteiger partial charge in [0, 0.05) is 6.54 Å². The molecule has 0 unspecified atom stereocenters. The average molecular weight is 382 g/mol. The van der Waals surface area contributed by atoms with E-state index >= 15 is 0 Å². The number of hydrogen-bond acceptors (Lipinski definition) is 3. The van der Waals surface area contributed by atoms with E-state index in [1.807, 2.05) is 54.0 Å². The molecule has 28 heavy (non-hydrogen) atoms. The summed E-state index contributed by atoms with van der Waals surface area (Å²) in [4.78, 5) is 0. The zero-order chi connectivity index (χ0) is 19.9. The van der Waals surface area contributed by atoms with Gasteiger partial charge in [-0.1, -0.05) is 56.0 Å². The first kappa shape index (κ1) is 20.2. The van der Waals surface area contributed by atoms with Gasteiger partial charge in [-0.25, -0.2) is 0 Å². The lowest BCUT2D eigenvalue weighted by molar-refractivity contribution is 0.0921. The molecule has 0 radical (unpaired) electrons. The van der Waals surface area contributed by atoms with E-state index in [9.17, 15) is 5.11 Å². The fourth-order valence-corrected chi connectivity index (χ4v) is 3.49. The van der Waals surface area contributed by atoms with Crippen LogP contribution in [0, 0.1) is 12.3 Å². The molecule has 2 N–H and O–H groups in total. The van der Waals surface area contributed by atoms with Gasteiger partial charge < -0.3 is 19.0 Å². The number of para-hydroxylation sites is 2. The molecule has 1 heterocycles. The number of benzene rings is 2. The third-order valence-corrected chi connectivity index (χ3v) is 5.07. The fourth-order valence-electron chi connectivity index (χ4n) is 3.49. The molecule has 5 nitrogen and oxygen atoms in total. The molecular formula is C23H31N3O2. The van der Waals surface area contributed by atoms with E-state index in [1.165, 1.54) is 24.8 Å². The Labute approximate surface area is 166 Å². The lowest BCUT2D eigenvalue weighted by Gasteiger charge is -2.14. The molecule has 150 valence electrons. The largest absolute Gasteiger partial charge is 0.491 e. The summed E-state index contributed by atoms with van der Waals surface area (Å²) in [5.74, 6) is 0.749. The molecule has 0 aliphatic rings. The predicted molar refractivity (Wildman–Crippen MR) is 113 cm³/mol. The van der Waals surface area contributed by atoms with Gasteiger partial charge in [0.15, 0.2) is 0 Å². The Hall–Kier alpha value is -2.53. The second kappa shape index (κ2) is 9.60. The summed E-state index contributed by atoms with van der Waals surface area (Å²) < 4.78 is 9.66. The number of hydrogen-bond donors (Lipinski definition) is 2. The molecule has 3 aromatic rings. The van der Waals surface area contributed by atoms with E-state index in [2.05, 4.69) is 17.6 Å². The lowest BCUT2D eigenvalue weighted by atomic mass is 10.2. The number of ether oxygens (including phenoxy) is 1. The predicted octanol–water partition coefficient (Wildman–Crippen LogP) is 4.25. The van der Waals surface area contributed by atoms with E-state index in [0.29, 0.717) is 12.2 Å². The van der Waals surface area contributed by atoms with Crippen LogP contribution in [0.4, 0.5) is 0 Å². The Morgan fingerprint density at radius 1 is 0.964 bits per heavy atom. The summed E-state index contributed by atoms with van der Waals surface area (Å²) in [6, 6.07) is 15.9. The molecule has 3 rings (SSSR count). The Morgan fingerprint density at radius 2 is 1.64 bits per heavy atom. The molecule has 0 saturated carbocycles. The number of unbranched alkanes of at least 4 members (excludes halogenated alkanes) is 3. The first-order chi connectivity index (χ1) is 13.6. The molecule has 0 fully saturated rings. The Kier molecular flexibility index (Phi) is 6.93. The van der Waals surface area contributed by atoms with Gasteiger partial charge in [0.1, 0.15) is 18.5 Å². The third kappa shape index (κ3) is 4.84. The van der Waals surface area contributed by atoms with Crippen LogP contribution >= 0.6 is 0 Å². The normalized spacial score (nSPS) is 12.4. The number of aromatic nitrogens is 2. The summed E-state index contributed by atoms with van der Waals surface area (Å²) in [5, 5.41) is 19.2. The Balaban J connectivity index is 1.72. The SMILES string of the molecule is CCCCCCn1c(=N)n(C[C@H](O)COc2ccc(C)cc2)c2ccccc21. The van der Waals surface area contributed by atoms with Crippen LogP contribution in [0.1, 0.15) is 38.2 Å². The third-order valence-electron chi connectivity index (χ3n) is 5.07. The quantitative estimate of drug-likeness (QED) is 0.516. The van der Waals surface area contributed by atoms with Crippen molar-refractivity contribution in [3.63, 3.8) is 0 Å². The maximum atomic E-state index is 10.5. The van der Waals surface area contributed by atoms with Crippen molar-refractivity contribution in [2.75, 3.05) is 6.61 Å². The average Bonchev–Trinajstić information content (AvgIpc) is 2.96. The van der Waals surface area contributed by atoms with Crippen molar-refractivity contribution in [1.29, 1.82) is 5.41 Å². The van der Waals surface area contributed by atoms with Crippen LogP contribution < -0.4 is 10.4 Å². The van der Waals surface area contributed by atoms with Gasteiger partial charge in [-0.2, -0.15) is 0 Å². The molecule has 1 atom stereocenters. The van der Waals surface area contributed by atoms with Gasteiger partial charge >= 0.3 is 0 Å². The minimum absolute atomic E-state index is 0.200. The zero-order valence-corrected chi connectivity index (χ0v) is 16.9. The second-order valence-electron chi connectivity index (χ2n) is 7.41. The van der Waals surface area contributed by atoms with Gasteiger partial charge in [-0.3, -0.25) is 5.41 Å². The summed E-state index contributed by atoms with van der Waals surface area (Å²) in [6.45, 7) is 5.61. The maximum absolute atomic E-state index is 10.5. The maximum Gasteiger partial charge on any atom is 0.203 e. The fraction of sp³-hybridized carbons (Fsp3) is 0.435. The van der Waals surface area contributed by atoms with Gasteiger partial charge in [0.25, 0.3) is 0 Å². The highest BCUT2D eigenvalue weighted by atomic mass is 16.5. The number of nitrogens with zero attached hydrogens (tertiary/aromatic N) is 2. The highest BCUT2D eigenvalue weighted by Crippen LogP contribution is 2.15. The van der Waals surface area contributed by atoms with Gasteiger partial charge in [-0.05, 0) is 37.6 Å². The number of aliphatic hydroxyl groups is 1. The molecule has 5 heteroatoms. The highest BCUT2D eigenvalue weighted by molar-refractivity contribution is 5.75. The van der Waals surface area contributed by atoms with E-state index in [4.69, 9.17) is 10.1 Å². The van der Waals surface area contributed by atoms with Crippen LogP contribution in [-0.2, 0) is 13.1 Å². The number of aliphatic hydroxyl groups excluding tert-OH is 1. The smallest absolute Gasteiger partial charge is 0.203 e. The molecule has 2 aromatic carbocycles.